The third kappa shape index (κ3) is 1.63. The molecule has 2 heteroatoms. The zero-order valence-corrected chi connectivity index (χ0v) is 10.7. The molecule has 0 saturated heterocycles. The Bertz CT molecular complexity index is 517. The lowest BCUT2D eigenvalue weighted by atomic mass is 9.72. The molecule has 17 heavy (non-hydrogen) atoms. The third-order valence-corrected chi connectivity index (χ3v) is 4.56. The normalized spacial score (nSPS) is 27.8. The van der Waals surface area contributed by atoms with Crippen molar-refractivity contribution in [1.82, 2.24) is 0 Å². The van der Waals surface area contributed by atoms with Gasteiger partial charge in [-0.3, -0.25) is 0 Å². The van der Waals surface area contributed by atoms with E-state index in [1.807, 2.05) is 17.5 Å². The first kappa shape index (κ1) is 11.0. The topological polar surface area (TPSA) is 20.2 Å². The summed E-state index contributed by atoms with van der Waals surface area (Å²) < 4.78 is 0. The Morgan fingerprint density at radius 2 is 2.12 bits per heavy atom. The molecule has 1 aromatic carbocycles. The average molecular weight is 244 g/mol. The smallest absolute Gasteiger partial charge is 0.116 e. The average Bonchev–Trinajstić information content (AvgIpc) is 2.89. The molecule has 88 valence electrons. The highest BCUT2D eigenvalue weighted by Crippen LogP contribution is 2.45. The number of rotatable bonds is 1. The highest BCUT2D eigenvalue weighted by molar-refractivity contribution is 7.08. The summed E-state index contributed by atoms with van der Waals surface area (Å²) in [5, 5.41) is 15.1. The van der Waals surface area contributed by atoms with Crippen LogP contribution in [0.4, 0.5) is 0 Å². The van der Waals surface area contributed by atoms with Gasteiger partial charge in [0.15, 0.2) is 0 Å². The van der Waals surface area contributed by atoms with Gasteiger partial charge in [0.2, 0.25) is 0 Å². The van der Waals surface area contributed by atoms with Crippen LogP contribution in [-0.4, -0.2) is 5.11 Å². The maximum atomic E-state index is 11.0. The van der Waals surface area contributed by atoms with Crippen molar-refractivity contribution in [3.8, 4) is 0 Å². The molecule has 3 rings (SSSR count). The van der Waals surface area contributed by atoms with E-state index in [-0.39, 0.29) is 0 Å². The van der Waals surface area contributed by atoms with Crippen molar-refractivity contribution < 1.29 is 5.11 Å². The molecule has 0 bridgehead atoms. The van der Waals surface area contributed by atoms with E-state index in [4.69, 9.17) is 0 Å². The van der Waals surface area contributed by atoms with Crippen molar-refractivity contribution >= 4 is 11.3 Å². The molecule has 2 aromatic rings. The number of hydrogen-bond acceptors (Lipinski definition) is 2. The summed E-state index contributed by atoms with van der Waals surface area (Å²) in [6, 6.07) is 10.3. The molecular weight excluding hydrogens is 228 g/mol. The van der Waals surface area contributed by atoms with Crippen LogP contribution >= 0.6 is 11.3 Å². The molecule has 1 aromatic heterocycles. The number of aliphatic hydroxyl groups is 1. The van der Waals surface area contributed by atoms with Gasteiger partial charge in [-0.05, 0) is 52.3 Å². The minimum absolute atomic E-state index is 0.546. The van der Waals surface area contributed by atoms with E-state index in [1.165, 1.54) is 5.56 Å². The van der Waals surface area contributed by atoms with Crippen LogP contribution in [0.1, 0.15) is 42.4 Å². The van der Waals surface area contributed by atoms with Crippen molar-refractivity contribution in [1.29, 1.82) is 0 Å². The fourth-order valence-corrected chi connectivity index (χ4v) is 3.54. The molecule has 2 unspecified atom stereocenters. The molecule has 1 aliphatic rings. The Morgan fingerprint density at radius 3 is 2.88 bits per heavy atom. The van der Waals surface area contributed by atoms with E-state index in [9.17, 15) is 5.11 Å². The quantitative estimate of drug-likeness (QED) is 0.807. The van der Waals surface area contributed by atoms with Crippen molar-refractivity contribution in [2.75, 3.05) is 0 Å². The second kappa shape index (κ2) is 3.97. The van der Waals surface area contributed by atoms with Crippen molar-refractivity contribution in [3.05, 3.63) is 57.8 Å². The minimum Gasteiger partial charge on any atom is -0.380 e. The van der Waals surface area contributed by atoms with E-state index in [1.54, 1.807) is 11.3 Å². The maximum Gasteiger partial charge on any atom is 0.116 e. The maximum absolute atomic E-state index is 11.0. The first-order valence-corrected chi connectivity index (χ1v) is 7.00. The van der Waals surface area contributed by atoms with Gasteiger partial charge < -0.3 is 5.11 Å². The van der Waals surface area contributed by atoms with Crippen molar-refractivity contribution in [3.63, 3.8) is 0 Å². The van der Waals surface area contributed by atoms with Crippen LogP contribution in [0.15, 0.2) is 41.1 Å². The van der Waals surface area contributed by atoms with Gasteiger partial charge in [-0.1, -0.05) is 31.2 Å². The summed E-state index contributed by atoms with van der Waals surface area (Å²) in [7, 11) is 0. The third-order valence-electron chi connectivity index (χ3n) is 3.88. The molecule has 0 aliphatic heterocycles. The summed E-state index contributed by atoms with van der Waals surface area (Å²) in [5.41, 5.74) is 2.66. The Labute approximate surface area is 106 Å². The summed E-state index contributed by atoms with van der Waals surface area (Å²) in [4.78, 5) is 0. The van der Waals surface area contributed by atoms with E-state index < -0.39 is 5.60 Å². The first-order chi connectivity index (χ1) is 8.22. The molecule has 0 fully saturated rings. The fraction of sp³-hybridized carbons (Fsp3) is 0.333. The molecule has 0 saturated carbocycles. The highest BCUT2D eigenvalue weighted by atomic mass is 32.1. The molecule has 0 amide bonds. The summed E-state index contributed by atoms with van der Waals surface area (Å²) >= 11 is 1.65. The summed E-state index contributed by atoms with van der Waals surface area (Å²) in [6.45, 7) is 2.24. The lowest BCUT2D eigenvalue weighted by molar-refractivity contribution is 0.0584. The molecule has 1 heterocycles. The van der Waals surface area contributed by atoms with Crippen LogP contribution in [0.25, 0.3) is 0 Å². The van der Waals surface area contributed by atoms with E-state index in [2.05, 4.69) is 30.5 Å². The van der Waals surface area contributed by atoms with Gasteiger partial charge in [-0.15, -0.1) is 0 Å². The summed E-state index contributed by atoms with van der Waals surface area (Å²) in [6.07, 6.45) is 1.87. The van der Waals surface area contributed by atoms with Gasteiger partial charge in [0.1, 0.15) is 5.60 Å². The predicted octanol–water partition coefficient (Wildman–Crippen LogP) is 3.88. The first-order valence-electron chi connectivity index (χ1n) is 6.06. The Kier molecular flexibility index (Phi) is 2.57. The Hall–Kier alpha value is -1.12. The van der Waals surface area contributed by atoms with Gasteiger partial charge >= 0.3 is 0 Å². The monoisotopic (exact) mass is 244 g/mol. The van der Waals surface area contributed by atoms with Crippen LogP contribution in [0.5, 0.6) is 0 Å². The van der Waals surface area contributed by atoms with Gasteiger partial charge in [0, 0.05) is 0 Å². The second-order valence-electron chi connectivity index (χ2n) is 4.90. The fourth-order valence-electron chi connectivity index (χ4n) is 2.82. The van der Waals surface area contributed by atoms with Gasteiger partial charge in [0.05, 0.1) is 0 Å². The van der Waals surface area contributed by atoms with Gasteiger partial charge in [-0.2, -0.15) is 11.3 Å². The second-order valence-corrected chi connectivity index (χ2v) is 5.68. The molecule has 1 N–H and O–H groups in total. The number of fused-ring (bicyclic) bond motifs is 1. The van der Waals surface area contributed by atoms with E-state index in [0.717, 1.165) is 24.0 Å². The standard InChI is InChI=1S/C15H16OS/c1-11-6-8-15(16,12-7-9-17-10-12)14-5-3-2-4-13(11)14/h2-5,7,9-11,16H,6,8H2,1H3. The van der Waals surface area contributed by atoms with Crippen molar-refractivity contribution in [2.45, 2.75) is 31.3 Å². The van der Waals surface area contributed by atoms with Crippen LogP contribution in [0, 0.1) is 0 Å². The molecule has 0 radical (unpaired) electrons. The van der Waals surface area contributed by atoms with Crippen LogP contribution < -0.4 is 0 Å². The number of hydrogen-bond donors (Lipinski definition) is 1. The lowest BCUT2D eigenvalue weighted by Gasteiger charge is -2.37. The molecular formula is C15H16OS. The summed E-state index contributed by atoms with van der Waals surface area (Å²) in [5.74, 6) is 0.546. The van der Waals surface area contributed by atoms with Crippen LogP contribution in [0.2, 0.25) is 0 Å². The zero-order valence-electron chi connectivity index (χ0n) is 9.89. The largest absolute Gasteiger partial charge is 0.380 e. The highest BCUT2D eigenvalue weighted by Gasteiger charge is 2.38. The molecule has 1 aliphatic carbocycles. The number of benzene rings is 1. The number of thiophene rings is 1. The Balaban J connectivity index is 2.18. The van der Waals surface area contributed by atoms with Crippen molar-refractivity contribution in [2.24, 2.45) is 0 Å². The van der Waals surface area contributed by atoms with Crippen LogP contribution in [-0.2, 0) is 5.60 Å². The zero-order chi connectivity index (χ0) is 11.9. The van der Waals surface area contributed by atoms with E-state index in [0.29, 0.717) is 5.92 Å². The lowest BCUT2D eigenvalue weighted by Crippen LogP contribution is -2.32. The van der Waals surface area contributed by atoms with Gasteiger partial charge in [0.25, 0.3) is 0 Å². The van der Waals surface area contributed by atoms with E-state index >= 15 is 0 Å². The van der Waals surface area contributed by atoms with Gasteiger partial charge in [-0.25, -0.2) is 0 Å². The molecule has 1 nitrogen and oxygen atoms in total. The molecule has 0 spiro atoms. The minimum atomic E-state index is -0.775. The Morgan fingerprint density at radius 1 is 1.29 bits per heavy atom. The van der Waals surface area contributed by atoms with Crippen LogP contribution in [0.3, 0.4) is 0 Å². The predicted molar refractivity (Wildman–Crippen MR) is 71.4 cm³/mol. The SMILES string of the molecule is CC1CCC(O)(c2ccsc2)c2ccccc21. The molecule has 2 atom stereocenters.